The third-order valence-corrected chi connectivity index (χ3v) is 3.11. The molecule has 0 aliphatic carbocycles. The largest absolute Gasteiger partial charge is 0.465 e. The summed E-state index contributed by atoms with van der Waals surface area (Å²) in [6.45, 7) is 5.35. The number of terminal acetylenes is 1. The molecule has 0 aromatic carbocycles. The van der Waals surface area contributed by atoms with Crippen LogP contribution < -0.4 is 5.32 Å². The Morgan fingerprint density at radius 2 is 2.44 bits per heavy atom. The monoisotopic (exact) mass is 224 g/mol. The maximum atomic E-state index is 12.0. The van der Waals surface area contributed by atoms with E-state index in [0.29, 0.717) is 25.7 Å². The summed E-state index contributed by atoms with van der Waals surface area (Å²) in [5.74, 6) is 2.32. The Hall–Kier alpha value is -1.05. The third-order valence-electron chi connectivity index (χ3n) is 3.11. The average Bonchev–Trinajstić information content (AvgIpc) is 2.54. The van der Waals surface area contributed by atoms with Gasteiger partial charge < -0.3 is 9.64 Å². The van der Waals surface area contributed by atoms with Crippen LogP contribution >= 0.6 is 0 Å². The van der Waals surface area contributed by atoms with E-state index in [4.69, 9.17) is 11.2 Å². The number of carbonyl (C=O) groups excluding carboxylic acids is 1. The summed E-state index contributed by atoms with van der Waals surface area (Å²) in [7, 11) is 2.00. The zero-order valence-corrected chi connectivity index (χ0v) is 10.2. The van der Waals surface area contributed by atoms with E-state index in [1.54, 1.807) is 0 Å². The second-order valence-corrected chi connectivity index (χ2v) is 4.33. The maximum Gasteiger partial charge on any atom is 0.327 e. The van der Waals surface area contributed by atoms with Crippen LogP contribution in [-0.4, -0.2) is 49.2 Å². The Bertz CT molecular complexity index is 286. The molecule has 1 saturated heterocycles. The summed E-state index contributed by atoms with van der Waals surface area (Å²) in [5, 5.41) is 3.14. The maximum absolute atomic E-state index is 12.0. The fraction of sp³-hybridized carbons (Fsp3) is 0.750. The van der Waals surface area contributed by atoms with Crippen LogP contribution in [-0.2, 0) is 9.53 Å². The highest BCUT2D eigenvalue weighted by Gasteiger charge is 2.47. The second kappa shape index (κ2) is 5.33. The highest BCUT2D eigenvalue weighted by atomic mass is 16.5. The van der Waals surface area contributed by atoms with Crippen molar-refractivity contribution in [1.29, 1.82) is 0 Å². The molecule has 0 amide bonds. The van der Waals surface area contributed by atoms with Crippen molar-refractivity contribution in [2.75, 3.05) is 26.7 Å². The van der Waals surface area contributed by atoms with Crippen molar-refractivity contribution < 1.29 is 9.53 Å². The summed E-state index contributed by atoms with van der Waals surface area (Å²) in [4.78, 5) is 14.1. The van der Waals surface area contributed by atoms with Crippen LogP contribution in [0.3, 0.4) is 0 Å². The Morgan fingerprint density at radius 3 is 2.88 bits per heavy atom. The van der Waals surface area contributed by atoms with Crippen LogP contribution in [0.15, 0.2) is 0 Å². The smallest absolute Gasteiger partial charge is 0.327 e. The van der Waals surface area contributed by atoms with Crippen LogP contribution in [0.4, 0.5) is 0 Å². The molecule has 1 rings (SSSR count). The van der Waals surface area contributed by atoms with Crippen LogP contribution in [0.5, 0.6) is 0 Å². The van der Waals surface area contributed by atoms with Gasteiger partial charge in [0, 0.05) is 12.6 Å². The van der Waals surface area contributed by atoms with E-state index in [1.165, 1.54) is 0 Å². The van der Waals surface area contributed by atoms with E-state index in [9.17, 15) is 4.79 Å². The molecule has 1 heterocycles. The molecule has 0 radical (unpaired) electrons. The lowest BCUT2D eigenvalue weighted by molar-refractivity contribution is -0.150. The Balaban J connectivity index is 2.78. The highest BCUT2D eigenvalue weighted by molar-refractivity contribution is 5.82. The van der Waals surface area contributed by atoms with Crippen LogP contribution in [0.1, 0.15) is 20.3 Å². The first-order chi connectivity index (χ1) is 7.55. The molecule has 0 aromatic rings. The number of ether oxygens (including phenoxy) is 1. The van der Waals surface area contributed by atoms with Crippen molar-refractivity contribution in [3.8, 4) is 12.3 Å². The number of esters is 1. The fourth-order valence-corrected chi connectivity index (χ4v) is 2.14. The molecule has 1 fully saturated rings. The van der Waals surface area contributed by atoms with E-state index < -0.39 is 5.54 Å². The molecular formula is C12H20N2O2. The summed E-state index contributed by atoms with van der Waals surface area (Å²) in [5.41, 5.74) is -0.628. The van der Waals surface area contributed by atoms with E-state index in [-0.39, 0.29) is 5.97 Å². The quantitative estimate of drug-likeness (QED) is 0.548. The van der Waals surface area contributed by atoms with Crippen LogP contribution in [0.25, 0.3) is 0 Å². The lowest BCUT2D eigenvalue weighted by Crippen LogP contribution is -2.54. The van der Waals surface area contributed by atoms with Crippen LogP contribution in [0.2, 0.25) is 0 Å². The van der Waals surface area contributed by atoms with E-state index in [0.717, 1.165) is 6.42 Å². The Labute approximate surface area is 97.3 Å². The van der Waals surface area contributed by atoms with Crippen molar-refractivity contribution in [3.05, 3.63) is 0 Å². The van der Waals surface area contributed by atoms with Gasteiger partial charge in [0.25, 0.3) is 0 Å². The number of rotatable bonds is 4. The van der Waals surface area contributed by atoms with Crippen LogP contribution in [0, 0.1) is 12.3 Å². The number of carbonyl (C=O) groups is 1. The summed E-state index contributed by atoms with van der Waals surface area (Å²) in [6.07, 6.45) is 5.97. The highest BCUT2D eigenvalue weighted by Crippen LogP contribution is 2.26. The number of nitrogens with one attached hydrogen (secondary N) is 1. The molecule has 4 nitrogen and oxygen atoms in total. The number of nitrogens with zero attached hydrogens (tertiary/aromatic N) is 1. The van der Waals surface area contributed by atoms with Gasteiger partial charge in [0.15, 0.2) is 0 Å². The first-order valence-corrected chi connectivity index (χ1v) is 5.61. The molecular weight excluding hydrogens is 204 g/mol. The molecule has 4 heteroatoms. The molecule has 1 aliphatic heterocycles. The van der Waals surface area contributed by atoms with Gasteiger partial charge >= 0.3 is 5.97 Å². The third kappa shape index (κ3) is 2.55. The molecule has 1 N–H and O–H groups in total. The van der Waals surface area contributed by atoms with E-state index >= 15 is 0 Å². The topological polar surface area (TPSA) is 41.6 Å². The van der Waals surface area contributed by atoms with E-state index in [2.05, 4.69) is 23.1 Å². The zero-order valence-electron chi connectivity index (χ0n) is 10.2. The predicted octanol–water partition coefficient (Wildman–Crippen LogP) is 0.235. The summed E-state index contributed by atoms with van der Waals surface area (Å²) < 4.78 is 5.13. The number of hydrogen-bond acceptors (Lipinski definition) is 4. The lowest BCUT2D eigenvalue weighted by atomic mass is 9.96. The zero-order chi connectivity index (χ0) is 12.2. The van der Waals surface area contributed by atoms with E-state index in [1.807, 2.05) is 14.0 Å². The van der Waals surface area contributed by atoms with Gasteiger partial charge in [0.1, 0.15) is 5.54 Å². The standard InChI is InChI=1S/C12H20N2O2/c1-5-7-13-12(11(15)16-6-2)8-10(3)14(4)9-12/h1,10,13H,6-9H2,2-4H3. The van der Waals surface area contributed by atoms with Gasteiger partial charge in [-0.05, 0) is 27.3 Å². The van der Waals surface area contributed by atoms with Gasteiger partial charge in [0.2, 0.25) is 0 Å². The summed E-state index contributed by atoms with van der Waals surface area (Å²) >= 11 is 0. The first-order valence-electron chi connectivity index (χ1n) is 5.61. The fourth-order valence-electron chi connectivity index (χ4n) is 2.14. The molecule has 0 spiro atoms. The van der Waals surface area contributed by atoms with Gasteiger partial charge in [-0.25, -0.2) is 4.79 Å². The SMILES string of the molecule is C#CCNC1(C(=O)OCC)CC(C)N(C)C1. The predicted molar refractivity (Wildman–Crippen MR) is 62.9 cm³/mol. The number of likely N-dealkylation sites (N-methyl/N-ethyl adjacent to an activating group) is 1. The molecule has 0 aromatic heterocycles. The van der Waals surface area contributed by atoms with Crippen molar-refractivity contribution in [1.82, 2.24) is 10.2 Å². The molecule has 2 unspecified atom stereocenters. The normalized spacial score (nSPS) is 30.0. The minimum atomic E-state index is -0.628. The van der Waals surface area contributed by atoms with Crippen molar-refractivity contribution in [2.24, 2.45) is 0 Å². The minimum absolute atomic E-state index is 0.193. The van der Waals surface area contributed by atoms with Crippen molar-refractivity contribution in [3.63, 3.8) is 0 Å². The summed E-state index contributed by atoms with van der Waals surface area (Å²) in [6, 6.07) is 0.356. The number of likely N-dealkylation sites (tertiary alicyclic amines) is 1. The molecule has 2 atom stereocenters. The average molecular weight is 224 g/mol. The Kier molecular flexibility index (Phi) is 4.34. The van der Waals surface area contributed by atoms with Gasteiger partial charge in [0.05, 0.1) is 13.2 Å². The van der Waals surface area contributed by atoms with Gasteiger partial charge in [-0.2, -0.15) is 0 Å². The molecule has 0 saturated carbocycles. The van der Waals surface area contributed by atoms with Gasteiger partial charge in [-0.3, -0.25) is 5.32 Å². The van der Waals surface area contributed by atoms with Gasteiger partial charge in [-0.1, -0.05) is 5.92 Å². The first kappa shape index (κ1) is 13.0. The minimum Gasteiger partial charge on any atom is -0.465 e. The Morgan fingerprint density at radius 1 is 1.75 bits per heavy atom. The number of hydrogen-bond donors (Lipinski definition) is 1. The molecule has 90 valence electrons. The van der Waals surface area contributed by atoms with Gasteiger partial charge in [-0.15, -0.1) is 6.42 Å². The molecule has 0 bridgehead atoms. The molecule has 1 aliphatic rings. The second-order valence-electron chi connectivity index (χ2n) is 4.33. The van der Waals surface area contributed by atoms with Crippen molar-refractivity contribution in [2.45, 2.75) is 31.8 Å². The van der Waals surface area contributed by atoms with Crippen molar-refractivity contribution >= 4 is 5.97 Å². The lowest BCUT2D eigenvalue weighted by Gasteiger charge is -2.26. The molecule has 16 heavy (non-hydrogen) atoms.